The van der Waals surface area contributed by atoms with Crippen LogP contribution in [0.4, 0.5) is 0 Å². The fraction of sp³-hybridized carbons (Fsp3) is 0.533. The molecule has 4 rings (SSSR count). The van der Waals surface area contributed by atoms with Crippen molar-refractivity contribution in [3.8, 4) is 11.5 Å². The first kappa shape index (κ1) is 29.2. The number of carbonyl (C=O) groups is 1. The number of nitrogens with zero attached hydrogens (tertiary/aromatic N) is 2. The molecule has 2 aliphatic rings. The van der Waals surface area contributed by atoms with E-state index in [-0.39, 0.29) is 52.0 Å². The van der Waals surface area contributed by atoms with Crippen LogP contribution in [-0.4, -0.2) is 59.3 Å². The number of phenols is 1. The number of rotatable bonds is 5. The van der Waals surface area contributed by atoms with Crippen molar-refractivity contribution >= 4 is 28.6 Å². The van der Waals surface area contributed by atoms with Crippen molar-refractivity contribution in [1.29, 1.82) is 5.41 Å². The number of benzene rings is 2. The smallest absolute Gasteiger partial charge is 0.182 e. The Labute approximate surface area is 232 Å². The molecule has 0 unspecified atom stereocenters. The van der Waals surface area contributed by atoms with E-state index < -0.39 is 0 Å². The van der Waals surface area contributed by atoms with Crippen LogP contribution in [0.2, 0.25) is 0 Å². The predicted molar refractivity (Wildman–Crippen MR) is 155 cm³/mol. The third kappa shape index (κ3) is 6.37. The zero-order valence-electron chi connectivity index (χ0n) is 23.3. The fourth-order valence-corrected chi connectivity index (χ4v) is 5.08. The highest BCUT2D eigenvalue weighted by atomic mass is 79.9. The molecule has 0 saturated carbocycles. The van der Waals surface area contributed by atoms with Crippen molar-refractivity contribution in [3.63, 3.8) is 0 Å². The highest BCUT2D eigenvalue weighted by molar-refractivity contribution is 8.93. The van der Waals surface area contributed by atoms with Crippen LogP contribution in [0.15, 0.2) is 30.3 Å². The lowest BCUT2D eigenvalue weighted by molar-refractivity contribution is 0.0962. The summed E-state index contributed by atoms with van der Waals surface area (Å²) in [6, 6.07) is 9.62. The molecule has 2 aromatic carbocycles. The van der Waals surface area contributed by atoms with Crippen LogP contribution in [0.25, 0.3) is 0 Å². The summed E-state index contributed by atoms with van der Waals surface area (Å²) in [6.07, 6.45) is 2.22. The van der Waals surface area contributed by atoms with Gasteiger partial charge in [-0.2, -0.15) is 0 Å². The molecule has 1 fully saturated rings. The number of ketones is 1. The highest BCUT2D eigenvalue weighted by Gasteiger charge is 2.30. The number of hydrogen-bond acceptors (Lipinski definition) is 5. The molecule has 1 saturated heterocycles. The quantitative estimate of drug-likeness (QED) is 0.426. The van der Waals surface area contributed by atoms with E-state index >= 15 is 0 Å². The molecule has 0 aliphatic carbocycles. The first-order valence-corrected chi connectivity index (χ1v) is 13.0. The van der Waals surface area contributed by atoms with E-state index in [2.05, 4.69) is 11.9 Å². The van der Waals surface area contributed by atoms with Gasteiger partial charge in [0.25, 0.3) is 0 Å². The Balaban J connectivity index is 0.00000380. The van der Waals surface area contributed by atoms with Crippen LogP contribution in [0.5, 0.6) is 11.5 Å². The van der Waals surface area contributed by atoms with Gasteiger partial charge in [-0.1, -0.05) is 47.6 Å². The monoisotopic (exact) mass is 571 g/mol. The first-order valence-electron chi connectivity index (χ1n) is 13.0. The molecule has 202 valence electrons. The maximum Gasteiger partial charge on any atom is 0.182 e. The molecule has 0 aromatic heterocycles. The van der Waals surface area contributed by atoms with Gasteiger partial charge in [0, 0.05) is 41.9 Å². The Kier molecular flexibility index (Phi) is 8.50. The Morgan fingerprint density at radius 3 is 2.14 bits per heavy atom. The van der Waals surface area contributed by atoms with Crippen molar-refractivity contribution < 1.29 is 14.6 Å². The summed E-state index contributed by atoms with van der Waals surface area (Å²) in [5, 5.41) is 19.8. The third-order valence-electron chi connectivity index (χ3n) is 7.36. The SMILES string of the molecule is Br.CN1CCC(Oc2ccc3c(c2)C(=N)N(CC(=O)c2cc(C(C)(C)C)c(O)c(C(C)(C)C)c2)C3)CC1. The molecule has 2 aliphatic heterocycles. The van der Waals surface area contributed by atoms with E-state index in [0.717, 1.165) is 53.9 Å². The summed E-state index contributed by atoms with van der Waals surface area (Å²) in [5.74, 6) is 1.37. The van der Waals surface area contributed by atoms with Gasteiger partial charge in [0.15, 0.2) is 5.78 Å². The molecular weight excluding hydrogens is 530 g/mol. The Bertz CT molecular complexity index is 1140. The molecule has 2 aromatic rings. The van der Waals surface area contributed by atoms with Gasteiger partial charge in [-0.15, -0.1) is 17.0 Å². The van der Waals surface area contributed by atoms with Crippen LogP contribution in [0.3, 0.4) is 0 Å². The molecule has 2 N–H and O–H groups in total. The number of carbonyl (C=O) groups excluding carboxylic acids is 1. The Morgan fingerprint density at radius 2 is 1.59 bits per heavy atom. The van der Waals surface area contributed by atoms with Crippen molar-refractivity contribution in [1.82, 2.24) is 9.80 Å². The number of aromatic hydroxyl groups is 1. The van der Waals surface area contributed by atoms with Gasteiger partial charge in [0.1, 0.15) is 23.4 Å². The number of halogens is 1. The van der Waals surface area contributed by atoms with E-state index in [4.69, 9.17) is 10.1 Å². The molecule has 6 nitrogen and oxygen atoms in total. The minimum atomic E-state index is -0.304. The van der Waals surface area contributed by atoms with E-state index in [1.165, 1.54) is 0 Å². The molecule has 0 bridgehead atoms. The number of amidine groups is 1. The number of phenolic OH excluding ortho intramolecular Hbond substituents is 1. The number of ether oxygens (including phenoxy) is 1. The predicted octanol–water partition coefficient (Wildman–Crippen LogP) is 6.06. The van der Waals surface area contributed by atoms with Gasteiger partial charge in [-0.05, 0) is 60.5 Å². The van der Waals surface area contributed by atoms with Crippen molar-refractivity contribution in [2.75, 3.05) is 26.7 Å². The standard InChI is InChI=1S/C30H41N3O3.BrH/c1-29(2,3)24-14-20(15-25(27(24)35)30(4,5)6)26(34)18-33-17-19-8-9-22(16-23(19)28(33)31)36-21-10-12-32(7)13-11-21;/h8-9,14-16,21,31,35H,10-13,17-18H2,1-7H3;1H. The van der Waals surface area contributed by atoms with E-state index in [9.17, 15) is 9.90 Å². The summed E-state index contributed by atoms with van der Waals surface area (Å²) in [7, 11) is 2.13. The molecule has 0 amide bonds. The number of nitrogens with one attached hydrogen (secondary N) is 1. The Hall–Kier alpha value is -2.38. The average Bonchev–Trinajstić information content (AvgIpc) is 3.08. The highest BCUT2D eigenvalue weighted by Crippen LogP contribution is 2.40. The van der Waals surface area contributed by atoms with Gasteiger partial charge in [-0.25, -0.2) is 0 Å². The summed E-state index contributed by atoms with van der Waals surface area (Å²) >= 11 is 0. The second-order valence-electron chi connectivity index (χ2n) is 12.5. The number of piperidine rings is 1. The summed E-state index contributed by atoms with van der Waals surface area (Å²) < 4.78 is 6.23. The van der Waals surface area contributed by atoms with E-state index in [1.54, 1.807) is 0 Å². The lowest BCUT2D eigenvalue weighted by atomic mass is 9.78. The van der Waals surface area contributed by atoms with Crippen LogP contribution in [-0.2, 0) is 17.4 Å². The normalized spacial score (nSPS) is 16.9. The zero-order valence-corrected chi connectivity index (χ0v) is 25.0. The third-order valence-corrected chi connectivity index (χ3v) is 7.36. The molecule has 2 heterocycles. The maximum absolute atomic E-state index is 13.5. The molecule has 0 radical (unpaired) electrons. The second kappa shape index (κ2) is 10.8. The minimum absolute atomic E-state index is 0. The molecule has 0 spiro atoms. The first-order chi connectivity index (χ1) is 16.7. The van der Waals surface area contributed by atoms with Crippen LogP contribution in [0.1, 0.15) is 87.0 Å². The van der Waals surface area contributed by atoms with Gasteiger partial charge < -0.3 is 19.6 Å². The average molecular weight is 573 g/mol. The topological polar surface area (TPSA) is 76.9 Å². The number of Topliss-reactive ketones (excluding diaryl/α,β-unsaturated/α-hetero) is 1. The van der Waals surface area contributed by atoms with Gasteiger partial charge in [0.2, 0.25) is 0 Å². The Morgan fingerprint density at radius 1 is 1.03 bits per heavy atom. The molecule has 0 atom stereocenters. The molecule has 7 heteroatoms. The number of hydrogen-bond donors (Lipinski definition) is 2. The number of likely N-dealkylation sites (tertiary alicyclic amines) is 1. The number of fused-ring (bicyclic) bond motifs is 1. The zero-order chi connectivity index (χ0) is 26.4. The van der Waals surface area contributed by atoms with Crippen molar-refractivity contribution in [2.24, 2.45) is 0 Å². The summed E-state index contributed by atoms with van der Waals surface area (Å²) in [6.45, 7) is 15.0. The van der Waals surface area contributed by atoms with Gasteiger partial charge in [0.05, 0.1) is 6.54 Å². The second-order valence-corrected chi connectivity index (χ2v) is 12.5. The lowest BCUT2D eigenvalue weighted by Crippen LogP contribution is -2.35. The molecular formula is C30H42BrN3O3. The fourth-order valence-electron chi connectivity index (χ4n) is 5.08. The molecule has 37 heavy (non-hydrogen) atoms. The van der Waals surface area contributed by atoms with Crippen LogP contribution >= 0.6 is 17.0 Å². The van der Waals surface area contributed by atoms with E-state index in [1.807, 2.05) is 76.8 Å². The minimum Gasteiger partial charge on any atom is -0.507 e. The van der Waals surface area contributed by atoms with Crippen molar-refractivity contribution in [3.05, 3.63) is 58.1 Å². The van der Waals surface area contributed by atoms with Crippen LogP contribution < -0.4 is 4.74 Å². The van der Waals surface area contributed by atoms with Crippen molar-refractivity contribution in [2.45, 2.75) is 77.9 Å². The van der Waals surface area contributed by atoms with Gasteiger partial charge >= 0.3 is 0 Å². The van der Waals surface area contributed by atoms with E-state index in [0.29, 0.717) is 17.9 Å². The van der Waals surface area contributed by atoms with Gasteiger partial charge in [-0.3, -0.25) is 10.2 Å². The lowest BCUT2D eigenvalue weighted by Gasteiger charge is -2.29. The maximum atomic E-state index is 13.5. The largest absolute Gasteiger partial charge is 0.507 e. The van der Waals surface area contributed by atoms with Crippen LogP contribution in [0, 0.1) is 5.41 Å². The summed E-state index contributed by atoms with van der Waals surface area (Å²) in [5.41, 5.74) is 3.40. The summed E-state index contributed by atoms with van der Waals surface area (Å²) in [4.78, 5) is 17.6.